The molecule has 0 fully saturated rings. The van der Waals surface area contributed by atoms with Crippen molar-refractivity contribution >= 4 is 49.4 Å². The smallest absolute Gasteiger partial charge is 0.316 e. The maximum atomic E-state index is 13.3. The SMILES string of the molecule is CCOC(=O)CSc1nc2c(sc3ccccc32)c(=O)n1Cc1ccccc1. The molecule has 0 spiro atoms. The molecular weight excluding hydrogens is 392 g/mol. The summed E-state index contributed by atoms with van der Waals surface area (Å²) in [7, 11) is 0. The molecule has 4 rings (SSSR count). The van der Waals surface area contributed by atoms with Crippen LogP contribution in [0, 0.1) is 0 Å². The van der Waals surface area contributed by atoms with E-state index in [1.54, 1.807) is 11.5 Å². The normalized spacial score (nSPS) is 11.2. The van der Waals surface area contributed by atoms with Crippen LogP contribution in [0.3, 0.4) is 0 Å². The molecule has 0 aliphatic heterocycles. The van der Waals surface area contributed by atoms with E-state index in [0.29, 0.717) is 28.5 Å². The van der Waals surface area contributed by atoms with Gasteiger partial charge in [0.05, 0.1) is 24.4 Å². The van der Waals surface area contributed by atoms with Crippen LogP contribution < -0.4 is 5.56 Å². The van der Waals surface area contributed by atoms with E-state index in [1.165, 1.54) is 23.1 Å². The van der Waals surface area contributed by atoms with Gasteiger partial charge in [-0.05, 0) is 18.6 Å². The van der Waals surface area contributed by atoms with Gasteiger partial charge in [0.25, 0.3) is 5.56 Å². The molecule has 2 aromatic heterocycles. The van der Waals surface area contributed by atoms with Gasteiger partial charge in [-0.1, -0.05) is 60.3 Å². The lowest BCUT2D eigenvalue weighted by Gasteiger charge is -2.12. The number of carbonyl (C=O) groups excluding carboxylic acids is 1. The zero-order valence-electron chi connectivity index (χ0n) is 15.3. The Labute approximate surface area is 170 Å². The van der Waals surface area contributed by atoms with Crippen LogP contribution in [0.25, 0.3) is 20.3 Å². The molecular formula is C21H18N2O3S2. The quantitative estimate of drug-likeness (QED) is 0.269. The second-order valence-electron chi connectivity index (χ2n) is 6.14. The van der Waals surface area contributed by atoms with Crippen LogP contribution in [0.4, 0.5) is 0 Å². The highest BCUT2D eigenvalue weighted by molar-refractivity contribution is 7.99. The second-order valence-corrected chi connectivity index (χ2v) is 8.14. The van der Waals surface area contributed by atoms with Crippen molar-refractivity contribution in [1.82, 2.24) is 9.55 Å². The van der Waals surface area contributed by atoms with Crippen LogP contribution in [-0.4, -0.2) is 27.9 Å². The number of carbonyl (C=O) groups is 1. The zero-order valence-corrected chi connectivity index (χ0v) is 16.9. The minimum atomic E-state index is -0.316. The van der Waals surface area contributed by atoms with Crippen LogP contribution >= 0.6 is 23.1 Å². The minimum absolute atomic E-state index is 0.0820. The van der Waals surface area contributed by atoms with Gasteiger partial charge >= 0.3 is 5.97 Å². The third kappa shape index (κ3) is 3.68. The van der Waals surface area contributed by atoms with Crippen LogP contribution in [0.5, 0.6) is 0 Å². The monoisotopic (exact) mass is 410 g/mol. The lowest BCUT2D eigenvalue weighted by Crippen LogP contribution is -2.23. The Balaban J connectivity index is 1.84. The average Bonchev–Trinajstić information content (AvgIpc) is 3.09. The Morgan fingerprint density at radius 3 is 2.68 bits per heavy atom. The molecule has 0 radical (unpaired) electrons. The molecule has 0 saturated carbocycles. The fraction of sp³-hybridized carbons (Fsp3) is 0.190. The van der Waals surface area contributed by atoms with E-state index in [4.69, 9.17) is 9.72 Å². The Morgan fingerprint density at radius 2 is 1.89 bits per heavy atom. The number of esters is 1. The van der Waals surface area contributed by atoms with Crippen molar-refractivity contribution < 1.29 is 9.53 Å². The van der Waals surface area contributed by atoms with E-state index >= 15 is 0 Å². The van der Waals surface area contributed by atoms with Crippen molar-refractivity contribution in [3.05, 3.63) is 70.5 Å². The first-order chi connectivity index (χ1) is 13.7. The van der Waals surface area contributed by atoms with Gasteiger partial charge in [-0.3, -0.25) is 14.2 Å². The lowest BCUT2D eigenvalue weighted by molar-refractivity contribution is -0.139. The molecule has 0 saturated heterocycles. The molecule has 7 heteroatoms. The summed E-state index contributed by atoms with van der Waals surface area (Å²) in [6.45, 7) is 2.51. The first kappa shape index (κ1) is 18.7. The highest BCUT2D eigenvalue weighted by Gasteiger charge is 2.17. The third-order valence-electron chi connectivity index (χ3n) is 4.25. The number of hydrogen-bond acceptors (Lipinski definition) is 6. The Morgan fingerprint density at radius 1 is 1.14 bits per heavy atom. The van der Waals surface area contributed by atoms with Gasteiger partial charge in [0.1, 0.15) is 4.70 Å². The van der Waals surface area contributed by atoms with Gasteiger partial charge in [0.15, 0.2) is 5.16 Å². The molecule has 2 heterocycles. The number of rotatable bonds is 6. The number of nitrogens with zero attached hydrogens (tertiary/aromatic N) is 2. The molecule has 0 aliphatic rings. The predicted octanol–water partition coefficient (Wildman–Crippen LogP) is 4.31. The standard InChI is InChI=1S/C21H18N2O3S2/c1-2-26-17(24)13-27-21-22-18-15-10-6-7-11-16(15)28-19(18)20(25)23(21)12-14-8-4-3-5-9-14/h3-11H,2,12-13H2,1H3. The van der Waals surface area contributed by atoms with Crippen molar-refractivity contribution in [1.29, 1.82) is 0 Å². The molecule has 0 amide bonds. The zero-order chi connectivity index (χ0) is 19.5. The summed E-state index contributed by atoms with van der Waals surface area (Å²) in [4.78, 5) is 29.9. The van der Waals surface area contributed by atoms with E-state index in [-0.39, 0.29) is 17.3 Å². The Bertz CT molecular complexity index is 1200. The van der Waals surface area contributed by atoms with E-state index < -0.39 is 0 Å². The first-order valence-corrected chi connectivity index (χ1v) is 10.7. The highest BCUT2D eigenvalue weighted by atomic mass is 32.2. The summed E-state index contributed by atoms with van der Waals surface area (Å²) >= 11 is 2.69. The van der Waals surface area contributed by atoms with Crippen LogP contribution in [-0.2, 0) is 16.1 Å². The summed E-state index contributed by atoms with van der Waals surface area (Å²) in [6, 6.07) is 17.6. The van der Waals surface area contributed by atoms with E-state index in [0.717, 1.165) is 15.6 Å². The maximum Gasteiger partial charge on any atom is 0.316 e. The Kier molecular flexibility index (Phi) is 5.45. The molecule has 142 valence electrons. The molecule has 2 aromatic carbocycles. The number of thiophene rings is 1. The van der Waals surface area contributed by atoms with Gasteiger partial charge in [0, 0.05) is 10.1 Å². The number of ether oxygens (including phenoxy) is 1. The molecule has 0 unspecified atom stereocenters. The van der Waals surface area contributed by atoms with Crippen LogP contribution in [0.1, 0.15) is 12.5 Å². The van der Waals surface area contributed by atoms with Crippen molar-refractivity contribution in [2.24, 2.45) is 0 Å². The van der Waals surface area contributed by atoms with Crippen molar-refractivity contribution in [2.75, 3.05) is 12.4 Å². The summed E-state index contributed by atoms with van der Waals surface area (Å²) in [6.07, 6.45) is 0. The highest BCUT2D eigenvalue weighted by Crippen LogP contribution is 2.32. The maximum absolute atomic E-state index is 13.3. The van der Waals surface area contributed by atoms with Crippen molar-refractivity contribution in [3.8, 4) is 0 Å². The van der Waals surface area contributed by atoms with Gasteiger partial charge in [0.2, 0.25) is 0 Å². The predicted molar refractivity (Wildman–Crippen MR) is 114 cm³/mol. The first-order valence-electron chi connectivity index (χ1n) is 8.91. The molecule has 5 nitrogen and oxygen atoms in total. The summed E-state index contributed by atoms with van der Waals surface area (Å²) < 4.78 is 8.34. The minimum Gasteiger partial charge on any atom is -0.465 e. The van der Waals surface area contributed by atoms with Crippen LogP contribution in [0.2, 0.25) is 0 Å². The van der Waals surface area contributed by atoms with Gasteiger partial charge in [-0.25, -0.2) is 4.98 Å². The fourth-order valence-corrected chi connectivity index (χ4v) is 4.88. The lowest BCUT2D eigenvalue weighted by atomic mass is 10.2. The number of fused-ring (bicyclic) bond motifs is 3. The second kappa shape index (κ2) is 8.16. The topological polar surface area (TPSA) is 61.2 Å². The van der Waals surface area contributed by atoms with Gasteiger partial charge in [-0.15, -0.1) is 11.3 Å². The third-order valence-corrected chi connectivity index (χ3v) is 6.35. The van der Waals surface area contributed by atoms with Crippen molar-refractivity contribution in [2.45, 2.75) is 18.6 Å². The average molecular weight is 411 g/mol. The fourth-order valence-electron chi connectivity index (χ4n) is 3.00. The molecule has 0 aliphatic carbocycles. The molecule has 0 atom stereocenters. The van der Waals surface area contributed by atoms with Gasteiger partial charge < -0.3 is 4.74 Å². The number of aromatic nitrogens is 2. The number of hydrogen-bond donors (Lipinski definition) is 0. The molecule has 0 bridgehead atoms. The number of benzene rings is 2. The summed E-state index contributed by atoms with van der Waals surface area (Å²) in [5.74, 6) is -0.203. The Hall–Kier alpha value is -2.64. The summed E-state index contributed by atoms with van der Waals surface area (Å²) in [5.41, 5.74) is 1.62. The van der Waals surface area contributed by atoms with Crippen molar-refractivity contribution in [3.63, 3.8) is 0 Å². The number of thioether (sulfide) groups is 1. The van der Waals surface area contributed by atoms with Crippen LogP contribution in [0.15, 0.2) is 64.5 Å². The van der Waals surface area contributed by atoms with E-state index in [9.17, 15) is 9.59 Å². The largest absolute Gasteiger partial charge is 0.465 e. The van der Waals surface area contributed by atoms with E-state index in [1.807, 2.05) is 54.6 Å². The van der Waals surface area contributed by atoms with E-state index in [2.05, 4.69) is 0 Å². The van der Waals surface area contributed by atoms with Gasteiger partial charge in [-0.2, -0.15) is 0 Å². The molecule has 4 aromatic rings. The molecule has 0 N–H and O–H groups in total. The summed E-state index contributed by atoms with van der Waals surface area (Å²) in [5, 5.41) is 1.49. The molecule has 28 heavy (non-hydrogen) atoms.